The zero-order valence-electron chi connectivity index (χ0n) is 11.1. The summed E-state index contributed by atoms with van der Waals surface area (Å²) in [5.41, 5.74) is 6.96. The monoisotopic (exact) mass is 247 g/mol. The molecule has 1 aromatic carbocycles. The lowest BCUT2D eigenvalue weighted by Crippen LogP contribution is -2.34. The fraction of sp³-hybridized carbons (Fsp3) is 0.600. The maximum absolute atomic E-state index is 5.53. The summed E-state index contributed by atoms with van der Waals surface area (Å²) in [6.07, 6.45) is 3.74. The summed E-state index contributed by atoms with van der Waals surface area (Å²) in [5.74, 6) is 0. The van der Waals surface area contributed by atoms with Crippen LogP contribution in [0.15, 0.2) is 30.3 Å². The van der Waals surface area contributed by atoms with E-state index in [2.05, 4.69) is 40.5 Å². The minimum atomic E-state index is 0.520. The fourth-order valence-corrected chi connectivity index (χ4v) is 2.65. The van der Waals surface area contributed by atoms with Gasteiger partial charge in [0.15, 0.2) is 0 Å². The van der Waals surface area contributed by atoms with Gasteiger partial charge in [0.1, 0.15) is 0 Å². The molecule has 1 aliphatic heterocycles. The van der Waals surface area contributed by atoms with Gasteiger partial charge in [-0.1, -0.05) is 30.3 Å². The lowest BCUT2D eigenvalue weighted by Gasteiger charge is -2.28. The molecule has 3 heteroatoms. The summed E-state index contributed by atoms with van der Waals surface area (Å²) >= 11 is 0. The number of nitrogens with zero attached hydrogens (tertiary/aromatic N) is 1. The third-order valence-electron chi connectivity index (χ3n) is 3.66. The summed E-state index contributed by atoms with van der Waals surface area (Å²) in [5, 5.41) is 3.54. The van der Waals surface area contributed by atoms with Gasteiger partial charge in [-0.3, -0.25) is 4.90 Å². The molecule has 1 aromatic rings. The summed E-state index contributed by atoms with van der Waals surface area (Å²) < 4.78 is 0. The molecule has 3 nitrogen and oxygen atoms in total. The molecule has 2 rings (SSSR count). The van der Waals surface area contributed by atoms with E-state index in [0.29, 0.717) is 6.04 Å². The Hall–Kier alpha value is -0.900. The van der Waals surface area contributed by atoms with E-state index < -0.39 is 0 Å². The van der Waals surface area contributed by atoms with Crippen molar-refractivity contribution < 1.29 is 0 Å². The number of hydrogen-bond acceptors (Lipinski definition) is 3. The molecule has 0 bridgehead atoms. The molecule has 1 saturated heterocycles. The maximum atomic E-state index is 5.53. The predicted molar refractivity (Wildman–Crippen MR) is 76.5 cm³/mol. The third kappa shape index (κ3) is 3.80. The van der Waals surface area contributed by atoms with Crippen LogP contribution in [0.5, 0.6) is 0 Å². The van der Waals surface area contributed by atoms with Crippen LogP contribution in [0.1, 0.15) is 30.9 Å². The first-order valence-corrected chi connectivity index (χ1v) is 7.11. The van der Waals surface area contributed by atoms with Gasteiger partial charge in [0, 0.05) is 12.6 Å². The van der Waals surface area contributed by atoms with E-state index in [4.69, 9.17) is 5.73 Å². The van der Waals surface area contributed by atoms with Crippen LogP contribution < -0.4 is 11.1 Å². The zero-order chi connectivity index (χ0) is 12.6. The lowest BCUT2D eigenvalue weighted by atomic mass is 10.1. The molecule has 0 aliphatic carbocycles. The van der Waals surface area contributed by atoms with Gasteiger partial charge in [-0.2, -0.15) is 0 Å². The molecule has 3 N–H and O–H groups in total. The molecule has 0 amide bonds. The molecule has 1 aliphatic rings. The van der Waals surface area contributed by atoms with Crippen molar-refractivity contribution in [2.75, 3.05) is 32.7 Å². The van der Waals surface area contributed by atoms with Gasteiger partial charge in [0.2, 0.25) is 0 Å². The van der Waals surface area contributed by atoms with Crippen molar-refractivity contribution in [2.45, 2.75) is 25.3 Å². The molecule has 1 heterocycles. The molecule has 18 heavy (non-hydrogen) atoms. The number of likely N-dealkylation sites (tertiary alicyclic amines) is 1. The van der Waals surface area contributed by atoms with Gasteiger partial charge in [-0.15, -0.1) is 0 Å². The van der Waals surface area contributed by atoms with Gasteiger partial charge in [0.25, 0.3) is 0 Å². The number of benzene rings is 1. The van der Waals surface area contributed by atoms with Crippen molar-refractivity contribution in [3.63, 3.8) is 0 Å². The van der Waals surface area contributed by atoms with Gasteiger partial charge < -0.3 is 11.1 Å². The van der Waals surface area contributed by atoms with Crippen LogP contribution in [0.25, 0.3) is 0 Å². The highest BCUT2D eigenvalue weighted by molar-refractivity contribution is 5.19. The standard InChI is InChI=1S/C15H25N3/c16-9-6-10-17-13-15(18-11-4-5-12-18)14-7-2-1-3-8-14/h1-3,7-8,15,17H,4-6,9-13,16H2. The van der Waals surface area contributed by atoms with E-state index in [-0.39, 0.29) is 0 Å². The van der Waals surface area contributed by atoms with Crippen molar-refractivity contribution in [2.24, 2.45) is 5.73 Å². The first-order valence-electron chi connectivity index (χ1n) is 7.11. The number of hydrogen-bond donors (Lipinski definition) is 2. The average molecular weight is 247 g/mol. The molecule has 0 saturated carbocycles. The van der Waals surface area contributed by atoms with Crippen LogP contribution >= 0.6 is 0 Å². The Morgan fingerprint density at radius 2 is 1.89 bits per heavy atom. The van der Waals surface area contributed by atoms with Crippen LogP contribution in [-0.4, -0.2) is 37.6 Å². The molecule has 0 radical (unpaired) electrons. The normalized spacial score (nSPS) is 18.1. The fourth-order valence-electron chi connectivity index (χ4n) is 2.65. The molecular weight excluding hydrogens is 222 g/mol. The Balaban J connectivity index is 1.94. The van der Waals surface area contributed by atoms with Crippen molar-refractivity contribution in [3.05, 3.63) is 35.9 Å². The topological polar surface area (TPSA) is 41.3 Å². The highest BCUT2D eigenvalue weighted by Crippen LogP contribution is 2.24. The van der Waals surface area contributed by atoms with Crippen molar-refractivity contribution in [1.29, 1.82) is 0 Å². The molecule has 1 fully saturated rings. The maximum Gasteiger partial charge on any atom is 0.0472 e. The number of nitrogens with one attached hydrogen (secondary N) is 1. The Bertz CT molecular complexity index is 320. The van der Waals surface area contributed by atoms with Crippen LogP contribution in [0, 0.1) is 0 Å². The van der Waals surface area contributed by atoms with Crippen molar-refractivity contribution >= 4 is 0 Å². The highest BCUT2D eigenvalue weighted by Gasteiger charge is 2.22. The Kier molecular flexibility index (Phi) is 5.65. The van der Waals surface area contributed by atoms with E-state index in [0.717, 1.165) is 26.1 Å². The SMILES string of the molecule is NCCCNCC(c1ccccc1)N1CCCC1. The van der Waals surface area contributed by atoms with E-state index in [1.165, 1.54) is 31.5 Å². The zero-order valence-corrected chi connectivity index (χ0v) is 11.1. The molecule has 0 spiro atoms. The molecule has 0 aromatic heterocycles. The van der Waals surface area contributed by atoms with E-state index in [1.807, 2.05) is 0 Å². The molecule has 1 unspecified atom stereocenters. The average Bonchev–Trinajstić information content (AvgIpc) is 2.94. The second kappa shape index (κ2) is 7.52. The Labute approximate surface area is 110 Å². The first kappa shape index (κ1) is 13.5. The quantitative estimate of drug-likeness (QED) is 0.721. The summed E-state index contributed by atoms with van der Waals surface area (Å²) in [7, 11) is 0. The Morgan fingerprint density at radius 3 is 2.56 bits per heavy atom. The van der Waals surface area contributed by atoms with Crippen LogP contribution in [-0.2, 0) is 0 Å². The lowest BCUT2D eigenvalue weighted by molar-refractivity contribution is 0.239. The molecular formula is C15H25N3. The number of rotatable bonds is 7. The smallest absolute Gasteiger partial charge is 0.0472 e. The van der Waals surface area contributed by atoms with Crippen LogP contribution in [0.3, 0.4) is 0 Å². The van der Waals surface area contributed by atoms with E-state index >= 15 is 0 Å². The summed E-state index contributed by atoms with van der Waals surface area (Å²) in [4.78, 5) is 2.60. The van der Waals surface area contributed by atoms with Gasteiger partial charge in [0.05, 0.1) is 0 Å². The van der Waals surface area contributed by atoms with Crippen molar-refractivity contribution in [3.8, 4) is 0 Å². The van der Waals surface area contributed by atoms with Gasteiger partial charge in [-0.05, 0) is 51.0 Å². The van der Waals surface area contributed by atoms with Crippen LogP contribution in [0.2, 0.25) is 0 Å². The van der Waals surface area contributed by atoms with Gasteiger partial charge >= 0.3 is 0 Å². The summed E-state index contributed by atoms with van der Waals surface area (Å²) in [6, 6.07) is 11.4. The predicted octanol–water partition coefficient (Wildman–Crippen LogP) is 1.76. The van der Waals surface area contributed by atoms with E-state index in [9.17, 15) is 0 Å². The summed E-state index contributed by atoms with van der Waals surface area (Å²) in [6.45, 7) is 5.29. The highest BCUT2D eigenvalue weighted by atomic mass is 15.2. The third-order valence-corrected chi connectivity index (χ3v) is 3.66. The van der Waals surface area contributed by atoms with Crippen LogP contribution in [0.4, 0.5) is 0 Å². The second-order valence-corrected chi connectivity index (χ2v) is 5.02. The minimum absolute atomic E-state index is 0.520. The number of nitrogens with two attached hydrogens (primary N) is 1. The molecule has 1 atom stereocenters. The largest absolute Gasteiger partial charge is 0.330 e. The first-order chi connectivity index (χ1) is 8.92. The van der Waals surface area contributed by atoms with Crippen molar-refractivity contribution in [1.82, 2.24) is 10.2 Å². The van der Waals surface area contributed by atoms with Gasteiger partial charge in [-0.25, -0.2) is 0 Å². The minimum Gasteiger partial charge on any atom is -0.330 e. The van der Waals surface area contributed by atoms with E-state index in [1.54, 1.807) is 0 Å². The second-order valence-electron chi connectivity index (χ2n) is 5.02. The Morgan fingerprint density at radius 1 is 1.17 bits per heavy atom. The molecule has 100 valence electrons.